The van der Waals surface area contributed by atoms with Gasteiger partial charge >= 0.3 is 6.03 Å². The summed E-state index contributed by atoms with van der Waals surface area (Å²) in [5.41, 5.74) is 2.18. The lowest BCUT2D eigenvalue weighted by molar-refractivity contribution is -0.00465. The number of anilines is 2. The van der Waals surface area contributed by atoms with Crippen LogP contribution < -0.4 is 10.2 Å². The molecule has 4 rings (SSSR count). The highest BCUT2D eigenvalue weighted by molar-refractivity contribution is 7.99. The van der Waals surface area contributed by atoms with E-state index in [2.05, 4.69) is 5.32 Å². The monoisotopic (exact) mass is 413 g/mol. The van der Waals surface area contributed by atoms with Gasteiger partial charge in [-0.3, -0.25) is 4.79 Å². The second-order valence-corrected chi connectivity index (χ2v) is 8.01. The van der Waals surface area contributed by atoms with E-state index in [-0.39, 0.29) is 18.0 Å². The molecule has 2 aliphatic rings. The minimum Gasteiger partial charge on any atom is -0.383 e. The SMILES string of the molecule is COCCN1C(=O)c2ccccc2Sc2cc(NC(=O)N3CC(OC)C3)ccc21. The highest BCUT2D eigenvalue weighted by Gasteiger charge is 2.31. The van der Waals surface area contributed by atoms with Crippen molar-refractivity contribution in [1.82, 2.24) is 4.90 Å². The number of hydrogen-bond donors (Lipinski definition) is 1. The summed E-state index contributed by atoms with van der Waals surface area (Å²) in [7, 11) is 3.27. The van der Waals surface area contributed by atoms with Crippen LogP contribution in [-0.2, 0) is 9.47 Å². The van der Waals surface area contributed by atoms with Gasteiger partial charge < -0.3 is 24.6 Å². The lowest BCUT2D eigenvalue weighted by Gasteiger charge is -2.37. The minimum absolute atomic E-state index is 0.0492. The minimum atomic E-state index is -0.149. The van der Waals surface area contributed by atoms with E-state index in [1.165, 1.54) is 11.8 Å². The average Bonchev–Trinajstić information content (AvgIpc) is 2.79. The molecule has 0 bridgehead atoms. The van der Waals surface area contributed by atoms with E-state index in [0.29, 0.717) is 37.5 Å². The van der Waals surface area contributed by atoms with Crippen molar-refractivity contribution >= 4 is 35.1 Å². The van der Waals surface area contributed by atoms with E-state index in [0.717, 1.165) is 15.5 Å². The molecule has 2 aromatic rings. The van der Waals surface area contributed by atoms with Gasteiger partial charge in [-0.2, -0.15) is 0 Å². The van der Waals surface area contributed by atoms with Crippen molar-refractivity contribution in [3.05, 3.63) is 48.0 Å². The number of carbonyl (C=O) groups is 2. The molecule has 1 saturated heterocycles. The van der Waals surface area contributed by atoms with Crippen LogP contribution in [0.3, 0.4) is 0 Å². The van der Waals surface area contributed by atoms with Crippen LogP contribution in [0.15, 0.2) is 52.3 Å². The summed E-state index contributed by atoms with van der Waals surface area (Å²) in [4.78, 5) is 30.8. The zero-order valence-corrected chi connectivity index (χ0v) is 17.2. The van der Waals surface area contributed by atoms with Crippen LogP contribution in [-0.4, -0.2) is 63.4 Å². The maximum Gasteiger partial charge on any atom is 0.322 e. The van der Waals surface area contributed by atoms with Crippen LogP contribution >= 0.6 is 11.8 Å². The number of nitrogens with zero attached hydrogens (tertiary/aromatic N) is 2. The number of ether oxygens (including phenoxy) is 2. The molecule has 1 N–H and O–H groups in total. The summed E-state index contributed by atoms with van der Waals surface area (Å²) in [5.74, 6) is -0.0492. The molecule has 0 aromatic heterocycles. The van der Waals surface area contributed by atoms with E-state index < -0.39 is 0 Å². The molecule has 2 heterocycles. The van der Waals surface area contributed by atoms with Gasteiger partial charge in [0.05, 0.1) is 37.1 Å². The number of hydrogen-bond acceptors (Lipinski definition) is 5. The van der Waals surface area contributed by atoms with Crippen LogP contribution in [0.25, 0.3) is 0 Å². The third-order valence-electron chi connectivity index (χ3n) is 5.07. The van der Waals surface area contributed by atoms with Gasteiger partial charge in [-0.15, -0.1) is 0 Å². The molecule has 0 saturated carbocycles. The number of likely N-dealkylation sites (tertiary alicyclic amines) is 1. The fourth-order valence-corrected chi connectivity index (χ4v) is 4.48. The standard InChI is InChI=1S/C21H23N3O4S/c1-27-10-9-24-17-8-7-14(22-21(26)23-12-15(13-23)28-2)11-19(17)29-18-6-4-3-5-16(18)20(24)25/h3-8,11,15H,9-10,12-13H2,1-2H3,(H,22,26). The molecule has 7 nitrogen and oxygen atoms in total. The maximum atomic E-state index is 13.1. The van der Waals surface area contributed by atoms with E-state index >= 15 is 0 Å². The second kappa shape index (κ2) is 8.44. The predicted molar refractivity (Wildman–Crippen MR) is 112 cm³/mol. The van der Waals surface area contributed by atoms with Gasteiger partial charge in [-0.05, 0) is 30.3 Å². The Labute approximate surface area is 174 Å². The van der Waals surface area contributed by atoms with Gasteiger partial charge in [-0.25, -0.2) is 4.79 Å². The van der Waals surface area contributed by atoms with Gasteiger partial charge in [0, 0.05) is 36.2 Å². The summed E-state index contributed by atoms with van der Waals surface area (Å²) in [6, 6.07) is 13.1. The first kappa shape index (κ1) is 19.8. The first-order valence-electron chi connectivity index (χ1n) is 9.41. The average molecular weight is 413 g/mol. The molecule has 2 aliphatic heterocycles. The van der Waals surface area contributed by atoms with Gasteiger partial charge in [-0.1, -0.05) is 23.9 Å². The molecule has 0 aliphatic carbocycles. The van der Waals surface area contributed by atoms with Gasteiger partial charge in [0.1, 0.15) is 0 Å². The Morgan fingerprint density at radius 1 is 1.17 bits per heavy atom. The number of methoxy groups -OCH3 is 2. The summed E-state index contributed by atoms with van der Waals surface area (Å²) in [6.45, 7) is 2.07. The highest BCUT2D eigenvalue weighted by Crippen LogP contribution is 2.42. The fraction of sp³-hybridized carbons (Fsp3) is 0.333. The van der Waals surface area contributed by atoms with Gasteiger partial charge in [0.25, 0.3) is 5.91 Å². The molecule has 1 fully saturated rings. The molecule has 152 valence electrons. The molecule has 0 radical (unpaired) electrons. The molecule has 0 unspecified atom stereocenters. The third kappa shape index (κ3) is 3.96. The van der Waals surface area contributed by atoms with E-state index in [1.807, 2.05) is 42.5 Å². The number of carbonyl (C=O) groups excluding carboxylic acids is 2. The van der Waals surface area contributed by atoms with E-state index in [9.17, 15) is 9.59 Å². The highest BCUT2D eigenvalue weighted by atomic mass is 32.2. The molecule has 0 atom stereocenters. The zero-order valence-electron chi connectivity index (χ0n) is 16.4. The van der Waals surface area contributed by atoms with Crippen molar-refractivity contribution in [2.75, 3.05) is 50.7 Å². The smallest absolute Gasteiger partial charge is 0.322 e. The van der Waals surface area contributed by atoms with E-state index in [1.54, 1.807) is 24.0 Å². The van der Waals surface area contributed by atoms with Crippen LogP contribution in [0.5, 0.6) is 0 Å². The predicted octanol–water partition coefficient (Wildman–Crippen LogP) is 3.31. The summed E-state index contributed by atoms with van der Waals surface area (Å²) < 4.78 is 10.4. The van der Waals surface area contributed by atoms with Crippen molar-refractivity contribution in [2.45, 2.75) is 15.9 Å². The summed E-state index contributed by atoms with van der Waals surface area (Å²) >= 11 is 1.53. The molecule has 8 heteroatoms. The Morgan fingerprint density at radius 3 is 2.72 bits per heavy atom. The molecular formula is C21H23N3O4S. The molecule has 2 aromatic carbocycles. The van der Waals surface area contributed by atoms with Crippen LogP contribution in [0.2, 0.25) is 0 Å². The van der Waals surface area contributed by atoms with Crippen molar-refractivity contribution in [3.8, 4) is 0 Å². The van der Waals surface area contributed by atoms with Crippen LogP contribution in [0.4, 0.5) is 16.2 Å². The van der Waals surface area contributed by atoms with E-state index in [4.69, 9.17) is 9.47 Å². The number of amides is 3. The van der Waals surface area contributed by atoms with Crippen molar-refractivity contribution in [2.24, 2.45) is 0 Å². The molecule has 0 spiro atoms. The Hall–Kier alpha value is -2.55. The number of nitrogens with one attached hydrogen (secondary N) is 1. The summed E-state index contributed by atoms with van der Waals surface area (Å²) in [6.07, 6.45) is 0.111. The summed E-state index contributed by atoms with van der Waals surface area (Å²) in [5, 5.41) is 2.94. The number of fused-ring (bicyclic) bond motifs is 2. The fourth-order valence-electron chi connectivity index (χ4n) is 3.36. The Morgan fingerprint density at radius 2 is 1.97 bits per heavy atom. The van der Waals surface area contributed by atoms with Crippen molar-refractivity contribution < 1.29 is 19.1 Å². The van der Waals surface area contributed by atoms with Crippen LogP contribution in [0.1, 0.15) is 10.4 Å². The topological polar surface area (TPSA) is 71.1 Å². The number of rotatable bonds is 5. The Kier molecular flexibility index (Phi) is 5.75. The van der Waals surface area contributed by atoms with Gasteiger partial charge in [0.15, 0.2) is 0 Å². The van der Waals surface area contributed by atoms with Crippen molar-refractivity contribution in [3.63, 3.8) is 0 Å². The van der Waals surface area contributed by atoms with Gasteiger partial charge in [0.2, 0.25) is 0 Å². The lowest BCUT2D eigenvalue weighted by Crippen LogP contribution is -2.55. The molecule has 29 heavy (non-hydrogen) atoms. The second-order valence-electron chi connectivity index (χ2n) is 6.92. The molecule has 3 amide bonds. The number of benzene rings is 2. The Bertz CT molecular complexity index is 930. The first-order chi connectivity index (χ1) is 14.1. The first-order valence-corrected chi connectivity index (χ1v) is 10.2. The number of urea groups is 1. The molecular weight excluding hydrogens is 390 g/mol. The largest absolute Gasteiger partial charge is 0.383 e. The normalized spacial score (nSPS) is 16.0. The quantitative estimate of drug-likeness (QED) is 0.814. The third-order valence-corrected chi connectivity index (χ3v) is 6.19. The van der Waals surface area contributed by atoms with Crippen molar-refractivity contribution in [1.29, 1.82) is 0 Å². The maximum absolute atomic E-state index is 13.1. The lowest BCUT2D eigenvalue weighted by atomic mass is 10.1. The van der Waals surface area contributed by atoms with Crippen LogP contribution in [0, 0.1) is 0 Å². The zero-order chi connectivity index (χ0) is 20.4. The Balaban J connectivity index is 1.61.